The van der Waals surface area contributed by atoms with Gasteiger partial charge in [0.05, 0.1) is 19.9 Å². The molecule has 12 nitrogen and oxygen atoms in total. The van der Waals surface area contributed by atoms with E-state index in [0.717, 1.165) is 32.1 Å². The summed E-state index contributed by atoms with van der Waals surface area (Å²) in [4.78, 5) is 9.04. The fourth-order valence-electron chi connectivity index (χ4n) is 5.14. The van der Waals surface area contributed by atoms with Gasteiger partial charge in [0.1, 0.15) is 5.82 Å². The van der Waals surface area contributed by atoms with Gasteiger partial charge in [0.2, 0.25) is 11.8 Å². The lowest BCUT2D eigenvalue weighted by Gasteiger charge is -2.42. The molecule has 0 amide bonds. The molecule has 1 aromatic heterocycles. The SMILES string of the molecule is COc1cc(NC2CC(CO)NN2)nc(NC2C[C@H]3CC[C@@H](C2)N3S(=O)(=O)N2CCC2)n1. The second kappa shape index (κ2) is 8.88. The lowest BCUT2D eigenvalue weighted by molar-refractivity contribution is 0.199. The highest BCUT2D eigenvalue weighted by atomic mass is 32.2. The fourth-order valence-corrected chi connectivity index (χ4v) is 7.27. The van der Waals surface area contributed by atoms with Gasteiger partial charge in [-0.3, -0.25) is 5.43 Å². The summed E-state index contributed by atoms with van der Waals surface area (Å²) in [5, 5.41) is 16.0. The molecule has 4 aliphatic heterocycles. The van der Waals surface area contributed by atoms with Gasteiger partial charge in [0.15, 0.2) is 0 Å². The highest BCUT2D eigenvalue weighted by Crippen LogP contribution is 2.40. The first-order chi connectivity index (χ1) is 15.5. The molecule has 4 aliphatic rings. The monoisotopic (exact) mass is 468 g/mol. The van der Waals surface area contributed by atoms with Gasteiger partial charge in [-0.2, -0.15) is 27.0 Å². The molecule has 0 saturated carbocycles. The summed E-state index contributed by atoms with van der Waals surface area (Å²) in [7, 11) is -1.79. The number of anilines is 2. The normalized spacial score (nSPS) is 33.1. The van der Waals surface area contributed by atoms with Crippen LogP contribution in [0.1, 0.15) is 38.5 Å². The molecule has 2 bridgehead atoms. The fraction of sp³-hybridized carbons (Fsp3) is 0.789. The van der Waals surface area contributed by atoms with Crippen LogP contribution in [0.25, 0.3) is 0 Å². The first-order valence-corrected chi connectivity index (χ1v) is 12.7. The molecule has 3 unspecified atom stereocenters. The van der Waals surface area contributed by atoms with Crippen LogP contribution < -0.4 is 26.2 Å². The number of aliphatic hydroxyl groups excluding tert-OH is 1. The maximum absolute atomic E-state index is 13.0. The van der Waals surface area contributed by atoms with Crippen LogP contribution in [0, 0.1) is 0 Å². The van der Waals surface area contributed by atoms with Gasteiger partial charge >= 0.3 is 0 Å². The van der Waals surface area contributed by atoms with Crippen LogP contribution in [0.2, 0.25) is 0 Å². The first-order valence-electron chi connectivity index (χ1n) is 11.3. The van der Waals surface area contributed by atoms with Crippen molar-refractivity contribution in [2.45, 2.75) is 68.9 Å². The third-order valence-corrected chi connectivity index (χ3v) is 8.99. The lowest BCUT2D eigenvalue weighted by atomic mass is 10.00. The molecule has 0 aromatic carbocycles. The largest absolute Gasteiger partial charge is 0.481 e. The summed E-state index contributed by atoms with van der Waals surface area (Å²) in [6, 6.07) is 1.85. The number of nitrogens with one attached hydrogen (secondary N) is 4. The molecule has 0 spiro atoms. The van der Waals surface area contributed by atoms with E-state index >= 15 is 0 Å². The molecule has 5 N–H and O–H groups in total. The van der Waals surface area contributed by atoms with Gasteiger partial charge in [-0.1, -0.05) is 0 Å². The number of nitrogens with zero attached hydrogens (tertiary/aromatic N) is 4. The van der Waals surface area contributed by atoms with Crippen molar-refractivity contribution in [3.8, 4) is 5.88 Å². The second-order valence-corrected chi connectivity index (χ2v) is 10.8. The van der Waals surface area contributed by atoms with Crippen LogP contribution in [0.4, 0.5) is 11.8 Å². The zero-order chi connectivity index (χ0) is 22.3. The van der Waals surface area contributed by atoms with Crippen molar-refractivity contribution >= 4 is 22.0 Å². The maximum atomic E-state index is 13.0. The number of hydrogen-bond acceptors (Lipinski definition) is 10. The zero-order valence-corrected chi connectivity index (χ0v) is 19.0. The number of hydrazine groups is 1. The molecular formula is C19H32N8O4S. The van der Waals surface area contributed by atoms with Gasteiger partial charge in [0.25, 0.3) is 10.2 Å². The van der Waals surface area contributed by atoms with Gasteiger partial charge in [-0.05, 0) is 32.1 Å². The van der Waals surface area contributed by atoms with Crippen molar-refractivity contribution in [3.63, 3.8) is 0 Å². The van der Waals surface area contributed by atoms with Crippen molar-refractivity contribution in [2.75, 3.05) is 37.4 Å². The quantitative estimate of drug-likeness (QED) is 0.337. The molecule has 4 fully saturated rings. The minimum absolute atomic E-state index is 0.0120. The van der Waals surface area contributed by atoms with E-state index in [1.54, 1.807) is 21.8 Å². The predicted octanol–water partition coefficient (Wildman–Crippen LogP) is -0.560. The summed E-state index contributed by atoms with van der Waals surface area (Å²) >= 11 is 0. The molecule has 5 heterocycles. The van der Waals surface area contributed by atoms with E-state index in [4.69, 9.17) is 4.74 Å². The standard InChI is InChI=1S/C19H32N8O4S/c1-31-18-10-16(21-17-9-13(11-28)24-25-17)22-19(23-18)20-12-7-14-3-4-15(8-12)27(14)32(29,30)26-5-2-6-26/h10,12-15,17,24-25,28H,2-9,11H2,1H3,(H2,20,21,22,23)/t12?,13?,14-,15+,17?. The van der Waals surface area contributed by atoms with Crippen LogP contribution in [-0.4, -0.2) is 89.2 Å². The van der Waals surface area contributed by atoms with Crippen LogP contribution in [0.5, 0.6) is 5.88 Å². The topological polar surface area (TPSA) is 144 Å². The number of piperidine rings is 1. The van der Waals surface area contributed by atoms with Crippen LogP contribution in [-0.2, 0) is 10.2 Å². The highest BCUT2D eigenvalue weighted by molar-refractivity contribution is 7.86. The zero-order valence-electron chi connectivity index (χ0n) is 18.2. The van der Waals surface area contributed by atoms with E-state index in [1.165, 1.54) is 0 Å². The molecule has 5 rings (SSSR count). The van der Waals surface area contributed by atoms with E-state index in [2.05, 4.69) is 31.5 Å². The lowest BCUT2D eigenvalue weighted by Crippen LogP contribution is -2.57. The smallest absolute Gasteiger partial charge is 0.282 e. The third-order valence-electron chi connectivity index (χ3n) is 6.84. The second-order valence-electron chi connectivity index (χ2n) is 9.01. The Labute approximate surface area is 188 Å². The maximum Gasteiger partial charge on any atom is 0.282 e. The van der Waals surface area contributed by atoms with Gasteiger partial charge in [-0.15, -0.1) is 0 Å². The van der Waals surface area contributed by atoms with Crippen molar-refractivity contribution in [1.82, 2.24) is 29.4 Å². The number of hydrogen-bond donors (Lipinski definition) is 5. The Hall–Kier alpha value is -1.77. The van der Waals surface area contributed by atoms with Crippen molar-refractivity contribution in [2.24, 2.45) is 0 Å². The summed E-state index contributed by atoms with van der Waals surface area (Å²) < 4.78 is 34.7. The predicted molar refractivity (Wildman–Crippen MR) is 118 cm³/mol. The third kappa shape index (κ3) is 4.24. The first kappa shape index (κ1) is 22.0. The molecule has 13 heteroatoms. The minimum Gasteiger partial charge on any atom is -0.481 e. The van der Waals surface area contributed by atoms with E-state index in [9.17, 15) is 13.5 Å². The van der Waals surface area contributed by atoms with Crippen LogP contribution in [0.3, 0.4) is 0 Å². The summed E-state index contributed by atoms with van der Waals surface area (Å²) in [5.41, 5.74) is 6.12. The number of aliphatic hydroxyl groups is 1. The van der Waals surface area contributed by atoms with E-state index in [-0.39, 0.29) is 36.9 Å². The van der Waals surface area contributed by atoms with Crippen LogP contribution >= 0.6 is 0 Å². The highest BCUT2D eigenvalue weighted by Gasteiger charge is 2.49. The Morgan fingerprint density at radius 3 is 2.50 bits per heavy atom. The molecule has 0 aliphatic carbocycles. The Morgan fingerprint density at radius 1 is 1.16 bits per heavy atom. The number of aromatic nitrogens is 2. The van der Waals surface area contributed by atoms with Crippen molar-refractivity contribution in [1.29, 1.82) is 0 Å². The number of fused-ring (bicyclic) bond motifs is 2. The average molecular weight is 469 g/mol. The average Bonchev–Trinajstić information content (AvgIpc) is 3.28. The number of ether oxygens (including phenoxy) is 1. The molecule has 1 aromatic rings. The van der Waals surface area contributed by atoms with Gasteiger partial charge in [-0.25, -0.2) is 5.43 Å². The Kier molecular flexibility index (Phi) is 6.11. The van der Waals surface area contributed by atoms with E-state index < -0.39 is 10.2 Å². The molecular weight excluding hydrogens is 436 g/mol. The van der Waals surface area contributed by atoms with E-state index in [0.29, 0.717) is 37.2 Å². The Morgan fingerprint density at radius 2 is 1.91 bits per heavy atom. The summed E-state index contributed by atoms with van der Waals surface area (Å²) in [5.74, 6) is 1.51. The summed E-state index contributed by atoms with van der Waals surface area (Å²) in [6.45, 7) is 1.33. The molecule has 178 valence electrons. The van der Waals surface area contributed by atoms with Crippen LogP contribution in [0.15, 0.2) is 6.07 Å². The molecule has 4 saturated heterocycles. The van der Waals surface area contributed by atoms with E-state index in [1.807, 2.05) is 0 Å². The Bertz CT molecular complexity index is 916. The summed E-state index contributed by atoms with van der Waals surface area (Å²) in [6.07, 6.45) is 4.84. The van der Waals surface area contributed by atoms with Crippen molar-refractivity contribution in [3.05, 3.63) is 6.07 Å². The molecule has 0 radical (unpaired) electrons. The molecule has 32 heavy (non-hydrogen) atoms. The van der Waals surface area contributed by atoms with Gasteiger partial charge in [0, 0.05) is 49.7 Å². The number of rotatable bonds is 8. The van der Waals surface area contributed by atoms with Crippen molar-refractivity contribution < 1.29 is 18.3 Å². The molecule has 5 atom stereocenters. The minimum atomic E-state index is -3.35. The Balaban J connectivity index is 1.26. The van der Waals surface area contributed by atoms with Gasteiger partial charge < -0.3 is 20.5 Å². The number of methoxy groups -OCH3 is 1.